The van der Waals surface area contributed by atoms with Crippen molar-refractivity contribution in [3.8, 4) is 0 Å². The van der Waals surface area contributed by atoms with E-state index < -0.39 is 23.8 Å². The molecule has 0 aliphatic heterocycles. The lowest BCUT2D eigenvalue weighted by Crippen LogP contribution is -2.46. The van der Waals surface area contributed by atoms with Crippen molar-refractivity contribution in [3.05, 3.63) is 30.2 Å². The fraction of sp³-hybridized carbons (Fsp3) is 0.471. The minimum atomic E-state index is -0.724. The SMILES string of the molecule is CSCCC(NC(=O)CNC(=O)C=Cc1ccco1)C(=O)OC(C)C. The number of furan rings is 1. The van der Waals surface area contributed by atoms with Crippen LogP contribution >= 0.6 is 11.8 Å². The third kappa shape index (κ3) is 8.99. The van der Waals surface area contributed by atoms with Gasteiger partial charge in [-0.2, -0.15) is 11.8 Å². The lowest BCUT2D eigenvalue weighted by Gasteiger charge is -2.19. The Bertz CT molecular complexity index is 584. The molecule has 2 N–H and O–H groups in total. The average Bonchev–Trinajstić information content (AvgIpc) is 3.07. The number of ether oxygens (including phenoxy) is 1. The van der Waals surface area contributed by atoms with Gasteiger partial charge in [0.05, 0.1) is 18.9 Å². The van der Waals surface area contributed by atoms with E-state index in [-0.39, 0.29) is 12.6 Å². The molecule has 1 heterocycles. The Balaban J connectivity index is 2.44. The van der Waals surface area contributed by atoms with Gasteiger partial charge in [-0.15, -0.1) is 0 Å². The number of rotatable bonds is 10. The fourth-order valence-electron chi connectivity index (χ4n) is 1.81. The van der Waals surface area contributed by atoms with Crippen molar-refractivity contribution < 1.29 is 23.5 Å². The zero-order chi connectivity index (χ0) is 18.7. The number of amides is 2. The smallest absolute Gasteiger partial charge is 0.328 e. The van der Waals surface area contributed by atoms with Crippen molar-refractivity contribution >= 4 is 35.6 Å². The van der Waals surface area contributed by atoms with Crippen molar-refractivity contribution in [1.82, 2.24) is 10.6 Å². The summed E-state index contributed by atoms with van der Waals surface area (Å²) in [4.78, 5) is 35.6. The molecule has 0 aliphatic rings. The maximum atomic E-state index is 12.0. The number of hydrogen-bond acceptors (Lipinski definition) is 6. The van der Waals surface area contributed by atoms with Crippen LogP contribution in [0.3, 0.4) is 0 Å². The first kappa shape index (κ1) is 20.8. The first-order chi connectivity index (χ1) is 11.9. The van der Waals surface area contributed by atoms with E-state index in [1.54, 1.807) is 37.7 Å². The van der Waals surface area contributed by atoms with Crippen LogP contribution in [-0.2, 0) is 19.1 Å². The van der Waals surface area contributed by atoms with Gasteiger partial charge in [-0.3, -0.25) is 9.59 Å². The Morgan fingerprint density at radius 1 is 1.36 bits per heavy atom. The maximum Gasteiger partial charge on any atom is 0.328 e. The molecule has 0 radical (unpaired) electrons. The van der Waals surface area contributed by atoms with Gasteiger partial charge in [-0.25, -0.2) is 4.79 Å². The first-order valence-corrected chi connectivity index (χ1v) is 9.30. The van der Waals surface area contributed by atoms with Gasteiger partial charge >= 0.3 is 5.97 Å². The predicted octanol–water partition coefficient (Wildman–Crippen LogP) is 1.60. The van der Waals surface area contributed by atoms with Crippen molar-refractivity contribution in [1.29, 1.82) is 0 Å². The van der Waals surface area contributed by atoms with Crippen molar-refractivity contribution in [2.75, 3.05) is 18.6 Å². The molecule has 0 aromatic carbocycles. The normalized spacial score (nSPS) is 12.2. The Labute approximate surface area is 151 Å². The topological polar surface area (TPSA) is 97.6 Å². The molecule has 2 amide bonds. The van der Waals surface area contributed by atoms with Crippen LogP contribution in [0.25, 0.3) is 6.08 Å². The molecule has 8 heteroatoms. The standard InChI is InChI=1S/C17H24N2O5S/c1-12(2)24-17(22)14(8-10-25-3)19-16(21)11-18-15(20)7-6-13-5-4-9-23-13/h4-7,9,12,14H,8,10-11H2,1-3H3,(H,18,20)(H,19,21). The maximum absolute atomic E-state index is 12.0. The van der Waals surface area contributed by atoms with Crippen molar-refractivity contribution in [3.63, 3.8) is 0 Å². The molecule has 25 heavy (non-hydrogen) atoms. The van der Waals surface area contributed by atoms with Crippen LogP contribution < -0.4 is 10.6 Å². The van der Waals surface area contributed by atoms with Gasteiger partial charge in [0, 0.05) is 6.08 Å². The fourth-order valence-corrected chi connectivity index (χ4v) is 2.29. The van der Waals surface area contributed by atoms with Gasteiger partial charge in [-0.1, -0.05) is 0 Å². The molecule has 1 unspecified atom stereocenters. The highest BCUT2D eigenvalue weighted by Gasteiger charge is 2.22. The van der Waals surface area contributed by atoms with E-state index in [1.807, 2.05) is 6.26 Å². The summed E-state index contributed by atoms with van der Waals surface area (Å²) in [7, 11) is 0. The second kappa shape index (κ2) is 11.4. The monoisotopic (exact) mass is 368 g/mol. The number of carbonyl (C=O) groups excluding carboxylic acids is 3. The molecule has 7 nitrogen and oxygen atoms in total. The molecule has 0 aliphatic carbocycles. The van der Waals surface area contributed by atoms with E-state index in [2.05, 4.69) is 10.6 Å². The minimum Gasteiger partial charge on any atom is -0.465 e. The summed E-state index contributed by atoms with van der Waals surface area (Å²) < 4.78 is 10.2. The lowest BCUT2D eigenvalue weighted by atomic mass is 10.2. The quantitative estimate of drug-likeness (QED) is 0.481. The molecule has 1 rings (SSSR count). The van der Waals surface area contributed by atoms with Crippen LogP contribution in [-0.4, -0.2) is 48.5 Å². The van der Waals surface area contributed by atoms with Gasteiger partial charge in [0.1, 0.15) is 11.8 Å². The van der Waals surface area contributed by atoms with Gasteiger partial charge in [0.25, 0.3) is 0 Å². The third-order valence-electron chi connectivity index (χ3n) is 2.95. The highest BCUT2D eigenvalue weighted by molar-refractivity contribution is 7.98. The highest BCUT2D eigenvalue weighted by atomic mass is 32.2. The second-order valence-electron chi connectivity index (χ2n) is 5.45. The molecule has 1 atom stereocenters. The first-order valence-electron chi connectivity index (χ1n) is 7.90. The van der Waals surface area contributed by atoms with E-state index in [0.717, 1.165) is 0 Å². The zero-order valence-electron chi connectivity index (χ0n) is 14.6. The van der Waals surface area contributed by atoms with Crippen molar-refractivity contribution in [2.45, 2.75) is 32.4 Å². The summed E-state index contributed by atoms with van der Waals surface area (Å²) in [5.41, 5.74) is 0. The predicted molar refractivity (Wildman–Crippen MR) is 96.9 cm³/mol. The number of hydrogen-bond donors (Lipinski definition) is 2. The largest absolute Gasteiger partial charge is 0.465 e. The molecule has 138 valence electrons. The van der Waals surface area contributed by atoms with Gasteiger partial charge in [-0.05, 0) is 50.5 Å². The molecular weight excluding hydrogens is 344 g/mol. The van der Waals surface area contributed by atoms with Gasteiger partial charge in [0.15, 0.2) is 0 Å². The molecule has 0 spiro atoms. The lowest BCUT2D eigenvalue weighted by molar-refractivity contribution is -0.151. The highest BCUT2D eigenvalue weighted by Crippen LogP contribution is 2.04. The number of esters is 1. The molecule has 0 saturated heterocycles. The van der Waals surface area contributed by atoms with Crippen molar-refractivity contribution in [2.24, 2.45) is 0 Å². The van der Waals surface area contributed by atoms with Gasteiger partial charge in [0.2, 0.25) is 11.8 Å². The Morgan fingerprint density at radius 3 is 2.72 bits per heavy atom. The van der Waals surface area contributed by atoms with Crippen LogP contribution in [0.5, 0.6) is 0 Å². The number of carbonyl (C=O) groups is 3. The molecule has 0 saturated carbocycles. The minimum absolute atomic E-state index is 0.230. The summed E-state index contributed by atoms with van der Waals surface area (Å²) >= 11 is 1.57. The van der Waals surface area contributed by atoms with E-state index in [9.17, 15) is 14.4 Å². The van der Waals surface area contributed by atoms with E-state index >= 15 is 0 Å². The second-order valence-corrected chi connectivity index (χ2v) is 6.44. The van der Waals surface area contributed by atoms with Crippen LogP contribution in [0, 0.1) is 0 Å². The molecule has 0 fully saturated rings. The Hall–Kier alpha value is -2.22. The molecule has 0 bridgehead atoms. The number of thioether (sulfide) groups is 1. The summed E-state index contributed by atoms with van der Waals surface area (Å²) in [5.74, 6) is -0.116. The molecule has 1 aromatic heterocycles. The number of nitrogens with one attached hydrogen (secondary N) is 2. The van der Waals surface area contributed by atoms with Crippen LogP contribution in [0.4, 0.5) is 0 Å². The van der Waals surface area contributed by atoms with E-state index in [4.69, 9.17) is 9.15 Å². The molecular formula is C17H24N2O5S. The van der Waals surface area contributed by atoms with Crippen LogP contribution in [0.1, 0.15) is 26.0 Å². The summed E-state index contributed by atoms with van der Waals surface area (Å²) in [6.07, 6.45) is 6.38. The molecule has 1 aromatic rings. The van der Waals surface area contributed by atoms with Crippen LogP contribution in [0.15, 0.2) is 28.9 Å². The Morgan fingerprint density at radius 2 is 2.12 bits per heavy atom. The zero-order valence-corrected chi connectivity index (χ0v) is 15.4. The van der Waals surface area contributed by atoms with E-state index in [1.165, 1.54) is 18.4 Å². The summed E-state index contributed by atoms with van der Waals surface area (Å²) in [6.45, 7) is 3.26. The average molecular weight is 368 g/mol. The Kier molecular flexibility index (Phi) is 9.46. The summed E-state index contributed by atoms with van der Waals surface area (Å²) in [6, 6.07) is 2.68. The summed E-state index contributed by atoms with van der Waals surface area (Å²) in [5, 5.41) is 5.05. The van der Waals surface area contributed by atoms with E-state index in [0.29, 0.717) is 17.9 Å². The van der Waals surface area contributed by atoms with Crippen LogP contribution in [0.2, 0.25) is 0 Å². The van der Waals surface area contributed by atoms with Gasteiger partial charge < -0.3 is 19.8 Å². The third-order valence-corrected chi connectivity index (χ3v) is 3.59.